The molecule has 28 heavy (non-hydrogen) atoms. The lowest BCUT2D eigenvalue weighted by molar-refractivity contribution is 0.106. The second-order valence-corrected chi connectivity index (χ2v) is 6.43. The molecule has 0 radical (unpaired) electrons. The van der Waals surface area contributed by atoms with E-state index in [1.54, 1.807) is 0 Å². The summed E-state index contributed by atoms with van der Waals surface area (Å²) < 4.78 is 23.3. The second kappa shape index (κ2) is 12.7. The molecule has 0 bridgehead atoms. The first kappa shape index (κ1) is 22.6. The van der Waals surface area contributed by atoms with Crippen LogP contribution in [-0.2, 0) is 45.4 Å². The number of rotatable bonds is 13. The van der Waals surface area contributed by atoms with Crippen molar-refractivity contribution < 1.29 is 18.9 Å². The molecule has 2 aromatic rings. The van der Waals surface area contributed by atoms with Crippen LogP contribution in [0.5, 0.6) is 0 Å². The Balaban J connectivity index is 2.66. The Morgan fingerprint density at radius 3 is 1.64 bits per heavy atom. The summed E-state index contributed by atoms with van der Waals surface area (Å²) in [5.41, 5.74) is 7.02. The van der Waals surface area contributed by atoms with Crippen molar-refractivity contribution in [2.75, 3.05) is 26.4 Å². The van der Waals surface area contributed by atoms with Gasteiger partial charge in [-0.25, -0.2) is 0 Å². The minimum Gasteiger partial charge on any atom is -0.377 e. The van der Waals surface area contributed by atoms with Crippen LogP contribution in [0.4, 0.5) is 0 Å². The normalized spacial score (nSPS) is 11.1. The average molecular weight is 387 g/mol. The summed E-state index contributed by atoms with van der Waals surface area (Å²) in [5, 5.41) is 0. The van der Waals surface area contributed by atoms with E-state index < -0.39 is 0 Å². The number of hydrogen-bond acceptors (Lipinski definition) is 4. The van der Waals surface area contributed by atoms with E-state index in [4.69, 9.17) is 18.9 Å². The van der Waals surface area contributed by atoms with Gasteiger partial charge in [0.05, 0.1) is 26.4 Å². The van der Waals surface area contributed by atoms with Crippen LogP contribution in [0.1, 0.15) is 49.9 Å². The first-order valence-electron chi connectivity index (χ1n) is 10.3. The first-order chi connectivity index (χ1) is 13.8. The van der Waals surface area contributed by atoms with E-state index in [1.807, 2.05) is 33.8 Å². The predicted molar refractivity (Wildman–Crippen MR) is 113 cm³/mol. The monoisotopic (exact) mass is 386 g/mol. The fourth-order valence-corrected chi connectivity index (χ4v) is 3.23. The van der Waals surface area contributed by atoms with Crippen molar-refractivity contribution in [3.8, 4) is 11.1 Å². The molecular weight excluding hydrogens is 352 g/mol. The molecule has 154 valence electrons. The number of benzene rings is 2. The Morgan fingerprint density at radius 1 is 0.571 bits per heavy atom. The maximum absolute atomic E-state index is 5.86. The maximum Gasteiger partial charge on any atom is 0.0726 e. The van der Waals surface area contributed by atoms with E-state index in [0.717, 1.165) is 11.1 Å². The van der Waals surface area contributed by atoms with Crippen LogP contribution in [-0.4, -0.2) is 26.4 Å². The van der Waals surface area contributed by atoms with E-state index in [9.17, 15) is 0 Å². The SMILES string of the molecule is CCOCc1cc(-c2ccccc2)c(COCC)c(COCC)c1COCC. The topological polar surface area (TPSA) is 36.9 Å². The molecule has 0 aliphatic carbocycles. The summed E-state index contributed by atoms with van der Waals surface area (Å²) in [6, 6.07) is 12.7. The highest BCUT2D eigenvalue weighted by atomic mass is 16.5. The highest BCUT2D eigenvalue weighted by Gasteiger charge is 2.19. The predicted octanol–water partition coefficient (Wildman–Crippen LogP) is 5.50. The van der Waals surface area contributed by atoms with Crippen LogP contribution in [0.25, 0.3) is 11.1 Å². The number of ether oxygens (including phenoxy) is 4. The summed E-state index contributed by atoms with van der Waals surface area (Å²) in [6.45, 7) is 13.0. The highest BCUT2D eigenvalue weighted by molar-refractivity contribution is 5.71. The Morgan fingerprint density at radius 2 is 1.07 bits per heavy atom. The fourth-order valence-electron chi connectivity index (χ4n) is 3.23. The van der Waals surface area contributed by atoms with Crippen LogP contribution in [0.2, 0.25) is 0 Å². The van der Waals surface area contributed by atoms with Gasteiger partial charge in [-0.1, -0.05) is 30.3 Å². The van der Waals surface area contributed by atoms with Crippen molar-refractivity contribution >= 4 is 0 Å². The molecule has 2 aromatic carbocycles. The molecule has 4 heteroatoms. The molecule has 0 aliphatic rings. The molecule has 4 nitrogen and oxygen atoms in total. The van der Waals surface area contributed by atoms with Gasteiger partial charge in [-0.3, -0.25) is 0 Å². The van der Waals surface area contributed by atoms with Gasteiger partial charge in [-0.15, -0.1) is 0 Å². The Kier molecular flexibility index (Phi) is 10.2. The van der Waals surface area contributed by atoms with Gasteiger partial charge < -0.3 is 18.9 Å². The second-order valence-electron chi connectivity index (χ2n) is 6.43. The molecule has 0 unspecified atom stereocenters. The zero-order chi connectivity index (χ0) is 20.2. The standard InChI is InChI=1S/C24H34O4/c1-5-25-15-20-14-21(19-12-10-9-11-13-19)23(17-27-7-3)24(18-28-8-4)22(20)16-26-6-2/h9-14H,5-8,15-18H2,1-4H3. The summed E-state index contributed by atoms with van der Waals surface area (Å²) in [5.74, 6) is 0. The van der Waals surface area contributed by atoms with Crippen LogP contribution in [0.3, 0.4) is 0 Å². The summed E-state index contributed by atoms with van der Waals surface area (Å²) in [6.07, 6.45) is 0. The lowest BCUT2D eigenvalue weighted by Gasteiger charge is -2.23. The van der Waals surface area contributed by atoms with Crippen molar-refractivity contribution in [1.29, 1.82) is 0 Å². The van der Waals surface area contributed by atoms with Crippen LogP contribution < -0.4 is 0 Å². The van der Waals surface area contributed by atoms with Crippen LogP contribution in [0.15, 0.2) is 36.4 Å². The van der Waals surface area contributed by atoms with Gasteiger partial charge in [0.2, 0.25) is 0 Å². The minimum absolute atomic E-state index is 0.543. The van der Waals surface area contributed by atoms with Crippen LogP contribution >= 0.6 is 0 Å². The Bertz CT molecular complexity index is 697. The van der Waals surface area contributed by atoms with Gasteiger partial charge in [-0.05, 0) is 67.1 Å². The molecule has 0 aliphatic heterocycles. The average Bonchev–Trinajstić information content (AvgIpc) is 2.74. The van der Waals surface area contributed by atoms with Gasteiger partial charge in [0, 0.05) is 26.4 Å². The fraction of sp³-hybridized carbons (Fsp3) is 0.500. The lowest BCUT2D eigenvalue weighted by atomic mass is 9.89. The third kappa shape index (κ3) is 6.14. The van der Waals surface area contributed by atoms with Gasteiger partial charge in [0.15, 0.2) is 0 Å². The third-order valence-corrected chi connectivity index (χ3v) is 4.66. The van der Waals surface area contributed by atoms with Crippen molar-refractivity contribution in [2.45, 2.75) is 54.1 Å². The molecule has 0 atom stereocenters. The molecule has 0 heterocycles. The zero-order valence-electron chi connectivity index (χ0n) is 17.8. The van der Waals surface area contributed by atoms with Gasteiger partial charge >= 0.3 is 0 Å². The first-order valence-corrected chi connectivity index (χ1v) is 10.3. The summed E-state index contributed by atoms with van der Waals surface area (Å²) in [7, 11) is 0. The van der Waals surface area contributed by atoms with E-state index in [1.165, 1.54) is 22.3 Å². The van der Waals surface area contributed by atoms with Crippen molar-refractivity contribution in [1.82, 2.24) is 0 Å². The molecule has 0 saturated heterocycles. The maximum atomic E-state index is 5.86. The third-order valence-electron chi connectivity index (χ3n) is 4.66. The quantitative estimate of drug-likeness (QED) is 0.455. The van der Waals surface area contributed by atoms with Crippen LogP contribution in [0, 0.1) is 0 Å². The molecule has 0 N–H and O–H groups in total. The van der Waals surface area contributed by atoms with E-state index >= 15 is 0 Å². The number of hydrogen-bond donors (Lipinski definition) is 0. The van der Waals surface area contributed by atoms with E-state index in [2.05, 4.69) is 30.3 Å². The molecule has 0 fully saturated rings. The lowest BCUT2D eigenvalue weighted by Crippen LogP contribution is -2.12. The zero-order valence-corrected chi connectivity index (χ0v) is 17.8. The Hall–Kier alpha value is -1.72. The molecule has 0 spiro atoms. The van der Waals surface area contributed by atoms with E-state index in [-0.39, 0.29) is 0 Å². The molecule has 0 amide bonds. The summed E-state index contributed by atoms with van der Waals surface area (Å²) in [4.78, 5) is 0. The van der Waals surface area contributed by atoms with Crippen molar-refractivity contribution in [3.63, 3.8) is 0 Å². The van der Waals surface area contributed by atoms with Gasteiger partial charge in [0.25, 0.3) is 0 Å². The van der Waals surface area contributed by atoms with Crippen molar-refractivity contribution in [3.05, 3.63) is 58.7 Å². The molecule has 0 saturated carbocycles. The van der Waals surface area contributed by atoms with Crippen molar-refractivity contribution in [2.24, 2.45) is 0 Å². The van der Waals surface area contributed by atoms with Gasteiger partial charge in [0.1, 0.15) is 0 Å². The molecular formula is C24H34O4. The molecule has 2 rings (SSSR count). The largest absolute Gasteiger partial charge is 0.377 e. The smallest absolute Gasteiger partial charge is 0.0726 e. The summed E-state index contributed by atoms with van der Waals surface area (Å²) >= 11 is 0. The highest BCUT2D eigenvalue weighted by Crippen LogP contribution is 2.33. The Labute approximate surface area is 169 Å². The van der Waals surface area contributed by atoms with Gasteiger partial charge in [-0.2, -0.15) is 0 Å². The molecule has 0 aromatic heterocycles. The van der Waals surface area contributed by atoms with E-state index in [0.29, 0.717) is 52.9 Å². The minimum atomic E-state index is 0.543.